The maximum atomic E-state index is 12.5. The fourth-order valence-electron chi connectivity index (χ4n) is 3.32. The molecule has 1 heterocycles. The van der Waals surface area contributed by atoms with Crippen LogP contribution in [0.25, 0.3) is 0 Å². The van der Waals surface area contributed by atoms with Gasteiger partial charge in [0, 0.05) is 39.3 Å². The number of nitrogens with zero attached hydrogens (tertiary/aromatic N) is 3. The molecule has 1 aliphatic carbocycles. The number of carbonyl (C=O) groups excluding carboxylic acids is 1. The van der Waals surface area contributed by atoms with E-state index < -0.39 is 11.9 Å². The van der Waals surface area contributed by atoms with Crippen LogP contribution in [0, 0.1) is 11.8 Å². The summed E-state index contributed by atoms with van der Waals surface area (Å²) in [6.07, 6.45) is 2.24. The molecule has 0 spiro atoms. The molecule has 0 bridgehead atoms. The number of carboxylic acids is 1. The Morgan fingerprint density at radius 1 is 1.10 bits per heavy atom. The molecule has 0 radical (unpaired) electrons. The minimum Gasteiger partial charge on any atom is -0.481 e. The molecule has 6 nitrogen and oxygen atoms in total. The monoisotopic (exact) mass is 297 g/mol. The lowest BCUT2D eigenvalue weighted by Crippen LogP contribution is -2.52. The number of amides is 1. The summed E-state index contributed by atoms with van der Waals surface area (Å²) >= 11 is 0. The van der Waals surface area contributed by atoms with Gasteiger partial charge in [0.2, 0.25) is 5.91 Å². The zero-order chi connectivity index (χ0) is 15.4. The fourth-order valence-corrected chi connectivity index (χ4v) is 3.32. The Kier molecular flexibility index (Phi) is 5.58. The van der Waals surface area contributed by atoms with Gasteiger partial charge >= 0.3 is 5.97 Å². The molecule has 1 N–H and O–H groups in total. The van der Waals surface area contributed by atoms with Crippen molar-refractivity contribution < 1.29 is 14.7 Å². The van der Waals surface area contributed by atoms with Crippen molar-refractivity contribution in [1.82, 2.24) is 14.7 Å². The van der Waals surface area contributed by atoms with Crippen molar-refractivity contribution in [3.8, 4) is 0 Å². The number of carboxylic acid groups (broad SMARTS) is 1. The van der Waals surface area contributed by atoms with Crippen molar-refractivity contribution in [3.63, 3.8) is 0 Å². The Morgan fingerprint density at radius 2 is 1.71 bits per heavy atom. The summed E-state index contributed by atoms with van der Waals surface area (Å²) in [5, 5.41) is 9.21. The number of hydrogen-bond acceptors (Lipinski definition) is 4. The van der Waals surface area contributed by atoms with Gasteiger partial charge in [-0.1, -0.05) is 6.42 Å². The smallest absolute Gasteiger partial charge is 0.307 e. The van der Waals surface area contributed by atoms with E-state index in [9.17, 15) is 14.7 Å². The Morgan fingerprint density at radius 3 is 2.29 bits per heavy atom. The van der Waals surface area contributed by atoms with Gasteiger partial charge in [-0.05, 0) is 26.9 Å². The van der Waals surface area contributed by atoms with E-state index in [1.165, 1.54) is 0 Å². The van der Waals surface area contributed by atoms with Crippen LogP contribution in [0.2, 0.25) is 0 Å². The van der Waals surface area contributed by atoms with Crippen molar-refractivity contribution in [2.75, 3.05) is 53.4 Å². The van der Waals surface area contributed by atoms with E-state index in [1.54, 1.807) is 0 Å². The van der Waals surface area contributed by atoms with Crippen LogP contribution in [0.5, 0.6) is 0 Å². The van der Waals surface area contributed by atoms with Gasteiger partial charge in [-0.15, -0.1) is 0 Å². The lowest BCUT2D eigenvalue weighted by Gasteiger charge is -2.36. The normalized spacial score (nSPS) is 27.3. The van der Waals surface area contributed by atoms with E-state index in [-0.39, 0.29) is 11.8 Å². The van der Waals surface area contributed by atoms with Gasteiger partial charge in [0.15, 0.2) is 0 Å². The number of rotatable bonds is 5. The fraction of sp³-hybridized carbons (Fsp3) is 0.867. The molecule has 2 unspecified atom stereocenters. The van der Waals surface area contributed by atoms with Gasteiger partial charge in [-0.25, -0.2) is 0 Å². The minimum atomic E-state index is -0.810. The molecule has 1 saturated carbocycles. The molecule has 1 saturated heterocycles. The van der Waals surface area contributed by atoms with Gasteiger partial charge < -0.3 is 14.9 Å². The van der Waals surface area contributed by atoms with Gasteiger partial charge in [-0.3, -0.25) is 14.5 Å². The van der Waals surface area contributed by atoms with Gasteiger partial charge in [0.25, 0.3) is 0 Å². The first-order valence-corrected chi connectivity index (χ1v) is 7.87. The molecule has 2 fully saturated rings. The second kappa shape index (κ2) is 7.22. The van der Waals surface area contributed by atoms with E-state index in [1.807, 2.05) is 4.90 Å². The molecular formula is C15H27N3O3. The highest BCUT2D eigenvalue weighted by molar-refractivity contribution is 5.85. The molecule has 1 amide bonds. The van der Waals surface area contributed by atoms with Crippen molar-refractivity contribution in [3.05, 3.63) is 0 Å². The highest BCUT2D eigenvalue weighted by Gasteiger charge is 2.40. The van der Waals surface area contributed by atoms with Crippen molar-refractivity contribution in [2.24, 2.45) is 11.8 Å². The Balaban J connectivity index is 1.81. The highest BCUT2D eigenvalue weighted by atomic mass is 16.4. The maximum Gasteiger partial charge on any atom is 0.307 e. The first-order chi connectivity index (χ1) is 9.99. The molecule has 1 aliphatic heterocycles. The average molecular weight is 297 g/mol. The quantitative estimate of drug-likeness (QED) is 0.785. The van der Waals surface area contributed by atoms with Crippen molar-refractivity contribution >= 4 is 11.9 Å². The molecule has 2 rings (SSSR count). The predicted octanol–water partition coefficient (Wildman–Crippen LogP) is 0.193. The van der Waals surface area contributed by atoms with Crippen LogP contribution < -0.4 is 0 Å². The molecule has 21 heavy (non-hydrogen) atoms. The van der Waals surface area contributed by atoms with Crippen LogP contribution >= 0.6 is 0 Å². The van der Waals surface area contributed by atoms with Crippen LogP contribution in [0.1, 0.15) is 19.3 Å². The van der Waals surface area contributed by atoms with Crippen LogP contribution in [-0.4, -0.2) is 85.0 Å². The summed E-state index contributed by atoms with van der Waals surface area (Å²) in [6, 6.07) is 0. The molecule has 0 aromatic heterocycles. The molecule has 0 aromatic carbocycles. The Labute approximate surface area is 126 Å². The van der Waals surface area contributed by atoms with E-state index in [0.717, 1.165) is 52.1 Å². The second-order valence-electron chi connectivity index (χ2n) is 6.45. The molecule has 0 aromatic rings. The summed E-state index contributed by atoms with van der Waals surface area (Å²) < 4.78 is 0. The summed E-state index contributed by atoms with van der Waals surface area (Å²) in [7, 11) is 4.12. The lowest BCUT2D eigenvalue weighted by atomic mass is 9.94. The van der Waals surface area contributed by atoms with E-state index >= 15 is 0 Å². The lowest BCUT2D eigenvalue weighted by molar-refractivity contribution is -0.149. The third-order valence-electron chi connectivity index (χ3n) is 4.70. The summed E-state index contributed by atoms with van der Waals surface area (Å²) in [5.41, 5.74) is 0. The molecule has 2 aliphatic rings. The number of carbonyl (C=O) groups is 2. The van der Waals surface area contributed by atoms with E-state index in [0.29, 0.717) is 6.42 Å². The first-order valence-electron chi connectivity index (χ1n) is 7.87. The van der Waals surface area contributed by atoms with Gasteiger partial charge in [0.05, 0.1) is 11.8 Å². The van der Waals surface area contributed by atoms with Crippen molar-refractivity contribution in [2.45, 2.75) is 19.3 Å². The number of hydrogen-bond donors (Lipinski definition) is 1. The van der Waals surface area contributed by atoms with Crippen molar-refractivity contribution in [1.29, 1.82) is 0 Å². The predicted molar refractivity (Wildman–Crippen MR) is 80.0 cm³/mol. The minimum absolute atomic E-state index is 0.0622. The van der Waals surface area contributed by atoms with Crippen LogP contribution in [-0.2, 0) is 9.59 Å². The summed E-state index contributed by atoms with van der Waals surface area (Å²) in [5.74, 6) is -1.51. The standard InChI is InChI=1S/C15H27N3O3/c1-16(2)6-7-17-8-10-18(11-9-17)14(19)12-4-3-5-13(12)15(20)21/h12-13H,3-11H2,1-2H3,(H,20,21). The molecule has 120 valence electrons. The van der Waals surface area contributed by atoms with Crippen LogP contribution in [0.3, 0.4) is 0 Å². The topological polar surface area (TPSA) is 64.1 Å². The van der Waals surface area contributed by atoms with Gasteiger partial charge in [-0.2, -0.15) is 0 Å². The summed E-state index contributed by atoms with van der Waals surface area (Å²) in [4.78, 5) is 30.1. The third kappa shape index (κ3) is 4.17. The van der Waals surface area contributed by atoms with Crippen LogP contribution in [0.4, 0.5) is 0 Å². The SMILES string of the molecule is CN(C)CCN1CCN(C(=O)C2CCCC2C(=O)O)CC1. The summed E-state index contributed by atoms with van der Waals surface area (Å²) in [6.45, 7) is 5.30. The molecule has 2 atom stereocenters. The second-order valence-corrected chi connectivity index (χ2v) is 6.45. The molecule has 6 heteroatoms. The highest BCUT2D eigenvalue weighted by Crippen LogP contribution is 2.33. The first kappa shape index (κ1) is 16.2. The number of aliphatic carboxylic acids is 1. The zero-order valence-corrected chi connectivity index (χ0v) is 13.1. The largest absolute Gasteiger partial charge is 0.481 e. The Bertz CT molecular complexity index is 378. The number of likely N-dealkylation sites (N-methyl/N-ethyl adjacent to an activating group) is 1. The van der Waals surface area contributed by atoms with Crippen LogP contribution in [0.15, 0.2) is 0 Å². The van der Waals surface area contributed by atoms with Gasteiger partial charge in [0.1, 0.15) is 0 Å². The van der Waals surface area contributed by atoms with E-state index in [2.05, 4.69) is 23.9 Å². The van der Waals surface area contributed by atoms with E-state index in [4.69, 9.17) is 0 Å². The number of piperazine rings is 1. The molecular weight excluding hydrogens is 270 g/mol. The third-order valence-corrected chi connectivity index (χ3v) is 4.70. The zero-order valence-electron chi connectivity index (χ0n) is 13.1. The Hall–Kier alpha value is -1.14. The average Bonchev–Trinajstić information content (AvgIpc) is 2.94. The maximum absolute atomic E-state index is 12.5.